The van der Waals surface area contributed by atoms with E-state index in [2.05, 4.69) is 0 Å². The van der Waals surface area contributed by atoms with Gasteiger partial charge in [0.25, 0.3) is 5.23 Å². The van der Waals surface area contributed by atoms with E-state index in [4.69, 9.17) is 0 Å². The van der Waals surface area contributed by atoms with Crippen molar-refractivity contribution in [2.24, 2.45) is 0 Å². The van der Waals surface area contributed by atoms with Crippen LogP contribution in [-0.4, -0.2) is 31.8 Å². The third-order valence-corrected chi connectivity index (χ3v) is 4.09. The van der Waals surface area contributed by atoms with E-state index < -0.39 is 23.9 Å². The monoisotopic (exact) mass is 324 g/mol. The van der Waals surface area contributed by atoms with Gasteiger partial charge in [-0.2, -0.15) is 0 Å². The van der Waals surface area contributed by atoms with E-state index in [1.165, 1.54) is 0 Å². The minimum absolute atomic E-state index is 0.242. The molecular formula is C16H12N4O4+2. The molecule has 2 heterocycles. The van der Waals surface area contributed by atoms with E-state index in [1.54, 1.807) is 60.7 Å². The van der Waals surface area contributed by atoms with Crippen molar-refractivity contribution in [3.63, 3.8) is 0 Å². The van der Waals surface area contributed by atoms with Gasteiger partial charge in [-0.15, -0.1) is 0 Å². The third-order valence-electron chi connectivity index (χ3n) is 4.09. The van der Waals surface area contributed by atoms with Crippen molar-refractivity contribution >= 4 is 11.8 Å². The molecule has 0 N–H and O–H groups in total. The van der Waals surface area contributed by atoms with Crippen LogP contribution in [0.4, 0.5) is 0 Å². The summed E-state index contributed by atoms with van der Waals surface area (Å²) in [6.45, 7) is 0. The maximum absolute atomic E-state index is 12.6. The van der Waals surface area contributed by atoms with Gasteiger partial charge >= 0.3 is 23.9 Å². The molecule has 0 radical (unpaired) electrons. The van der Waals surface area contributed by atoms with Gasteiger partial charge in [-0.3, -0.25) is 9.59 Å². The van der Waals surface area contributed by atoms with Crippen LogP contribution in [0.2, 0.25) is 0 Å². The SMILES string of the molecule is O=C1C(c2ccccc2)[N+](=O)N2N1C(=O)C(c1ccccc1)[N+]2=O. The average Bonchev–Trinajstić information content (AvgIpc) is 3.02. The van der Waals surface area contributed by atoms with Gasteiger partial charge in [0.1, 0.15) is 0 Å². The van der Waals surface area contributed by atoms with Crippen LogP contribution in [0.15, 0.2) is 60.7 Å². The molecule has 2 aromatic rings. The topological polar surface area (TPSA) is 80.8 Å². The normalized spacial score (nSPS) is 23.2. The zero-order valence-corrected chi connectivity index (χ0v) is 12.4. The van der Waals surface area contributed by atoms with Gasteiger partial charge in [-0.1, -0.05) is 65.7 Å². The highest BCUT2D eigenvalue weighted by atomic mass is 16.5. The standard InChI is InChI=1S/C16H12N4O4/c21-15-13(11-7-3-1-4-8-11)18(23)20-17(15)16(22)14(19(20)24)12-9-5-2-6-10-12/h1-10,13-14H/q+2. The number of hydrazine groups is 3. The summed E-state index contributed by atoms with van der Waals surface area (Å²) in [4.78, 5) is 50.7. The van der Waals surface area contributed by atoms with Gasteiger partial charge in [-0.25, -0.2) is 0 Å². The van der Waals surface area contributed by atoms with E-state index in [9.17, 15) is 19.4 Å². The fraction of sp³-hybridized carbons (Fsp3) is 0.125. The summed E-state index contributed by atoms with van der Waals surface area (Å²) in [6.07, 6.45) is 0. The van der Waals surface area contributed by atoms with E-state index in [0.717, 1.165) is 0 Å². The quantitative estimate of drug-likeness (QED) is 0.617. The Bertz CT molecular complexity index is 763. The fourth-order valence-corrected chi connectivity index (χ4v) is 2.99. The van der Waals surface area contributed by atoms with Crippen molar-refractivity contribution in [3.05, 3.63) is 81.6 Å². The second kappa shape index (κ2) is 5.05. The minimum Gasteiger partial charge on any atom is -0.263 e. The summed E-state index contributed by atoms with van der Waals surface area (Å²) in [7, 11) is 0. The number of hydrogen-bond donors (Lipinski definition) is 0. The molecule has 8 heteroatoms. The number of amides is 2. The summed E-state index contributed by atoms with van der Waals surface area (Å²) in [5, 5.41) is 1.15. The summed E-state index contributed by atoms with van der Waals surface area (Å²) in [6, 6.07) is 14.1. The Hall–Kier alpha value is -3.42. The van der Waals surface area contributed by atoms with Gasteiger partial charge in [0.15, 0.2) is 0 Å². The maximum Gasteiger partial charge on any atom is 0.347 e. The number of nitrogens with zero attached hydrogens (tertiary/aromatic N) is 4. The Morgan fingerprint density at radius 1 is 0.667 bits per heavy atom. The fourth-order valence-electron chi connectivity index (χ4n) is 2.99. The van der Waals surface area contributed by atoms with E-state index in [1.807, 2.05) is 0 Å². The second-order valence-electron chi connectivity index (χ2n) is 5.49. The van der Waals surface area contributed by atoms with Gasteiger partial charge in [0.2, 0.25) is 9.74 Å². The summed E-state index contributed by atoms with van der Waals surface area (Å²) >= 11 is 0. The lowest BCUT2D eigenvalue weighted by Gasteiger charge is -2.01. The molecule has 2 aromatic carbocycles. The Kier molecular flexibility index (Phi) is 2.99. The Balaban J connectivity index is 1.74. The lowest BCUT2D eigenvalue weighted by atomic mass is 10.1. The molecule has 2 aliphatic heterocycles. The molecule has 2 atom stereocenters. The molecule has 2 fully saturated rings. The first kappa shape index (κ1) is 14.2. The molecule has 4 rings (SSSR count). The lowest BCUT2D eigenvalue weighted by Crippen LogP contribution is -2.39. The zero-order valence-electron chi connectivity index (χ0n) is 12.4. The van der Waals surface area contributed by atoms with Crippen molar-refractivity contribution in [1.29, 1.82) is 0 Å². The first-order valence-corrected chi connectivity index (χ1v) is 7.31. The number of benzene rings is 2. The van der Waals surface area contributed by atoms with Crippen LogP contribution in [0.3, 0.4) is 0 Å². The summed E-state index contributed by atoms with van der Waals surface area (Å²) in [5.74, 6) is -1.47. The number of rotatable bonds is 2. The van der Waals surface area contributed by atoms with Crippen molar-refractivity contribution in [3.8, 4) is 0 Å². The van der Waals surface area contributed by atoms with Crippen LogP contribution >= 0.6 is 0 Å². The molecule has 0 bridgehead atoms. The smallest absolute Gasteiger partial charge is 0.263 e. The highest BCUT2D eigenvalue weighted by molar-refractivity contribution is 6.00. The van der Waals surface area contributed by atoms with E-state index in [-0.39, 0.29) is 9.74 Å². The van der Waals surface area contributed by atoms with Crippen molar-refractivity contribution in [2.45, 2.75) is 12.1 Å². The third kappa shape index (κ3) is 1.79. The molecule has 118 valence electrons. The Morgan fingerprint density at radius 3 is 1.38 bits per heavy atom. The Labute approximate surface area is 135 Å². The molecule has 2 saturated heterocycles. The number of imide groups is 1. The number of fused-ring (bicyclic) bond motifs is 1. The first-order chi connectivity index (χ1) is 11.6. The van der Waals surface area contributed by atoms with E-state index >= 15 is 0 Å². The highest BCUT2D eigenvalue weighted by Gasteiger charge is 2.74. The number of carbonyl (C=O) groups excluding carboxylic acids is 2. The number of hydrogen-bond acceptors (Lipinski definition) is 4. The highest BCUT2D eigenvalue weighted by Crippen LogP contribution is 2.38. The van der Waals surface area contributed by atoms with Crippen molar-refractivity contribution in [2.75, 3.05) is 0 Å². The van der Waals surface area contributed by atoms with Crippen LogP contribution in [0, 0.1) is 9.81 Å². The van der Waals surface area contributed by atoms with Crippen LogP contribution in [0.1, 0.15) is 23.2 Å². The minimum atomic E-state index is -1.25. The molecule has 8 nitrogen and oxygen atoms in total. The van der Waals surface area contributed by atoms with Crippen molar-refractivity contribution < 1.29 is 19.3 Å². The van der Waals surface area contributed by atoms with E-state index in [0.29, 0.717) is 21.4 Å². The lowest BCUT2D eigenvalue weighted by molar-refractivity contribution is -0.970. The second-order valence-corrected chi connectivity index (χ2v) is 5.49. The largest absolute Gasteiger partial charge is 0.347 e. The van der Waals surface area contributed by atoms with Crippen molar-refractivity contribution in [1.82, 2.24) is 10.2 Å². The van der Waals surface area contributed by atoms with Gasteiger partial charge < -0.3 is 0 Å². The zero-order chi connectivity index (χ0) is 16.8. The average molecular weight is 324 g/mol. The van der Waals surface area contributed by atoms with Gasteiger partial charge in [0.05, 0.1) is 9.81 Å². The molecule has 0 saturated carbocycles. The summed E-state index contributed by atoms with van der Waals surface area (Å²) < 4.78 is 0. The predicted octanol–water partition coefficient (Wildman–Crippen LogP) is 1.46. The van der Waals surface area contributed by atoms with Crippen LogP contribution in [0.25, 0.3) is 0 Å². The summed E-state index contributed by atoms with van der Waals surface area (Å²) in [5.41, 5.74) is 0.841. The number of nitroso groups, excluding NO2 is 2. The molecule has 0 aromatic heterocycles. The van der Waals surface area contributed by atoms with Crippen LogP contribution < -0.4 is 0 Å². The molecule has 2 unspecified atom stereocenters. The maximum atomic E-state index is 12.6. The molecule has 0 spiro atoms. The predicted molar refractivity (Wildman–Crippen MR) is 79.3 cm³/mol. The first-order valence-electron chi connectivity index (χ1n) is 7.31. The molecule has 2 aliphatic rings. The number of carbonyl (C=O) groups is 2. The van der Waals surface area contributed by atoms with Gasteiger partial charge in [0, 0.05) is 11.1 Å². The molecule has 2 amide bonds. The van der Waals surface area contributed by atoms with Crippen LogP contribution in [-0.2, 0) is 9.59 Å². The Morgan fingerprint density at radius 2 is 1.04 bits per heavy atom. The molecular weight excluding hydrogens is 312 g/mol. The van der Waals surface area contributed by atoms with Gasteiger partial charge in [-0.05, 0) is 0 Å². The molecule has 0 aliphatic carbocycles. The van der Waals surface area contributed by atoms with Crippen LogP contribution in [0.5, 0.6) is 0 Å². The molecule has 24 heavy (non-hydrogen) atoms.